The highest BCUT2D eigenvalue weighted by atomic mass is 35.5. The summed E-state index contributed by atoms with van der Waals surface area (Å²) in [7, 11) is -0.741. The second-order valence-electron chi connectivity index (χ2n) is 4.14. The Bertz CT molecular complexity index is 398. The maximum atomic E-state index is 10.9. The Balaban J connectivity index is 2.64. The molecule has 0 bridgehead atoms. The third-order valence-corrected chi connectivity index (χ3v) is 3.48. The third kappa shape index (κ3) is 4.60. The SMILES string of the molecule is CC(C)c1c(Cl)ncnc1NCCCS(C)=O. The predicted octanol–water partition coefficient (Wildman–Crippen LogP) is 2.43. The molecule has 0 saturated carbocycles. The Morgan fingerprint density at radius 2 is 2.18 bits per heavy atom. The summed E-state index contributed by atoms with van der Waals surface area (Å²) in [6.45, 7) is 4.85. The van der Waals surface area contributed by atoms with Crippen LogP contribution in [0.15, 0.2) is 6.33 Å². The van der Waals surface area contributed by atoms with Gasteiger partial charge in [-0.25, -0.2) is 9.97 Å². The summed E-state index contributed by atoms with van der Waals surface area (Å²) in [5.74, 6) is 1.75. The van der Waals surface area contributed by atoms with Crippen LogP contribution >= 0.6 is 11.6 Å². The first-order valence-electron chi connectivity index (χ1n) is 5.56. The van der Waals surface area contributed by atoms with Gasteiger partial charge in [0.15, 0.2) is 0 Å². The molecule has 0 aliphatic heterocycles. The van der Waals surface area contributed by atoms with E-state index in [4.69, 9.17) is 11.6 Å². The van der Waals surface area contributed by atoms with Gasteiger partial charge in [0, 0.05) is 34.9 Å². The van der Waals surface area contributed by atoms with Crippen molar-refractivity contribution in [1.82, 2.24) is 9.97 Å². The fourth-order valence-electron chi connectivity index (χ4n) is 1.51. The van der Waals surface area contributed by atoms with Crippen LogP contribution in [0.3, 0.4) is 0 Å². The molecule has 0 amide bonds. The van der Waals surface area contributed by atoms with Crippen LogP contribution in [0.2, 0.25) is 5.15 Å². The number of nitrogens with one attached hydrogen (secondary N) is 1. The van der Waals surface area contributed by atoms with Gasteiger partial charge in [-0.15, -0.1) is 0 Å². The van der Waals surface area contributed by atoms with Gasteiger partial charge in [0.1, 0.15) is 17.3 Å². The summed E-state index contributed by atoms with van der Waals surface area (Å²) in [5, 5.41) is 3.72. The molecule has 1 atom stereocenters. The Hall–Kier alpha value is -0.680. The summed E-state index contributed by atoms with van der Waals surface area (Å²) >= 11 is 6.05. The zero-order valence-corrected chi connectivity index (χ0v) is 11.9. The number of nitrogens with zero attached hydrogens (tertiary/aromatic N) is 2. The van der Waals surface area contributed by atoms with Crippen LogP contribution in [-0.4, -0.2) is 32.7 Å². The van der Waals surface area contributed by atoms with E-state index in [1.807, 2.05) is 0 Å². The molecule has 1 aromatic rings. The van der Waals surface area contributed by atoms with Crippen molar-refractivity contribution in [2.75, 3.05) is 23.9 Å². The van der Waals surface area contributed by atoms with Gasteiger partial charge in [0.25, 0.3) is 0 Å². The minimum atomic E-state index is -0.741. The van der Waals surface area contributed by atoms with Crippen LogP contribution in [0.1, 0.15) is 31.7 Å². The molecule has 0 aliphatic rings. The van der Waals surface area contributed by atoms with E-state index >= 15 is 0 Å². The quantitative estimate of drug-likeness (QED) is 0.640. The first-order valence-corrected chi connectivity index (χ1v) is 7.67. The number of rotatable bonds is 6. The fraction of sp³-hybridized carbons (Fsp3) is 0.636. The molecule has 1 heterocycles. The summed E-state index contributed by atoms with van der Waals surface area (Å²) in [6.07, 6.45) is 4.01. The summed E-state index contributed by atoms with van der Waals surface area (Å²) in [6, 6.07) is 0. The van der Waals surface area contributed by atoms with E-state index < -0.39 is 10.8 Å². The van der Waals surface area contributed by atoms with E-state index in [-0.39, 0.29) is 5.92 Å². The standard InChI is InChI=1S/C11H18ClN3OS/c1-8(2)9-10(12)14-7-15-11(9)13-5-4-6-17(3)16/h7-8H,4-6H2,1-3H3,(H,13,14,15). The van der Waals surface area contributed by atoms with E-state index in [0.29, 0.717) is 10.9 Å². The van der Waals surface area contributed by atoms with Crippen molar-refractivity contribution in [3.63, 3.8) is 0 Å². The smallest absolute Gasteiger partial charge is 0.138 e. The van der Waals surface area contributed by atoms with Gasteiger partial charge in [0.05, 0.1) is 0 Å². The molecular weight excluding hydrogens is 258 g/mol. The Morgan fingerprint density at radius 3 is 2.76 bits per heavy atom. The molecule has 0 aliphatic carbocycles. The molecule has 6 heteroatoms. The zero-order chi connectivity index (χ0) is 12.8. The summed E-state index contributed by atoms with van der Waals surface area (Å²) in [4.78, 5) is 8.18. The highest BCUT2D eigenvalue weighted by Crippen LogP contribution is 2.27. The molecule has 0 fully saturated rings. The lowest BCUT2D eigenvalue weighted by molar-refractivity contribution is 0.685. The zero-order valence-electron chi connectivity index (χ0n) is 10.4. The first-order chi connectivity index (χ1) is 8.02. The second-order valence-corrected chi connectivity index (χ2v) is 6.05. The van der Waals surface area contributed by atoms with Gasteiger partial charge >= 0.3 is 0 Å². The third-order valence-electron chi connectivity index (χ3n) is 2.31. The van der Waals surface area contributed by atoms with Crippen LogP contribution < -0.4 is 5.32 Å². The van der Waals surface area contributed by atoms with E-state index in [1.54, 1.807) is 6.26 Å². The van der Waals surface area contributed by atoms with Crippen molar-refractivity contribution in [3.8, 4) is 0 Å². The molecule has 1 N–H and O–H groups in total. The Morgan fingerprint density at radius 1 is 1.47 bits per heavy atom. The van der Waals surface area contributed by atoms with Crippen molar-refractivity contribution in [3.05, 3.63) is 17.0 Å². The summed E-state index contributed by atoms with van der Waals surface area (Å²) in [5.41, 5.74) is 0.937. The minimum Gasteiger partial charge on any atom is -0.370 e. The van der Waals surface area contributed by atoms with E-state index in [1.165, 1.54) is 6.33 Å². The van der Waals surface area contributed by atoms with Crippen LogP contribution in [0.4, 0.5) is 5.82 Å². The highest BCUT2D eigenvalue weighted by Gasteiger charge is 2.12. The van der Waals surface area contributed by atoms with Gasteiger partial charge in [0.2, 0.25) is 0 Å². The Kier molecular flexibility index (Phi) is 5.85. The molecule has 0 radical (unpaired) electrons. The van der Waals surface area contributed by atoms with Crippen molar-refractivity contribution in [2.24, 2.45) is 0 Å². The van der Waals surface area contributed by atoms with Crippen molar-refractivity contribution in [1.29, 1.82) is 0 Å². The first kappa shape index (κ1) is 14.4. The number of halogens is 1. The number of hydrogen-bond acceptors (Lipinski definition) is 4. The molecule has 0 aromatic carbocycles. The van der Waals surface area contributed by atoms with Crippen LogP contribution in [0.25, 0.3) is 0 Å². The minimum absolute atomic E-state index is 0.270. The van der Waals surface area contributed by atoms with Crippen molar-refractivity contribution in [2.45, 2.75) is 26.2 Å². The van der Waals surface area contributed by atoms with Crippen molar-refractivity contribution >= 4 is 28.2 Å². The van der Waals surface area contributed by atoms with Crippen LogP contribution in [0, 0.1) is 0 Å². The van der Waals surface area contributed by atoms with Crippen molar-refractivity contribution < 1.29 is 4.21 Å². The highest BCUT2D eigenvalue weighted by molar-refractivity contribution is 7.84. The molecule has 0 saturated heterocycles. The molecule has 1 rings (SSSR count). The summed E-state index contributed by atoms with van der Waals surface area (Å²) < 4.78 is 10.9. The molecule has 4 nitrogen and oxygen atoms in total. The van der Waals surface area contributed by atoms with Crippen LogP contribution in [0.5, 0.6) is 0 Å². The monoisotopic (exact) mass is 275 g/mol. The van der Waals surface area contributed by atoms with Gasteiger partial charge in [-0.05, 0) is 12.3 Å². The van der Waals surface area contributed by atoms with Gasteiger partial charge in [-0.1, -0.05) is 25.4 Å². The van der Waals surface area contributed by atoms with Gasteiger partial charge in [-0.3, -0.25) is 4.21 Å². The van der Waals surface area contributed by atoms with E-state index in [0.717, 1.165) is 24.3 Å². The van der Waals surface area contributed by atoms with E-state index in [2.05, 4.69) is 29.1 Å². The maximum absolute atomic E-state index is 10.9. The average Bonchev–Trinajstić information content (AvgIpc) is 2.23. The molecule has 1 aromatic heterocycles. The Labute approximate surface area is 110 Å². The molecule has 1 unspecified atom stereocenters. The number of anilines is 1. The molecule has 0 spiro atoms. The lowest BCUT2D eigenvalue weighted by atomic mass is 10.1. The fourth-order valence-corrected chi connectivity index (χ4v) is 2.41. The second kappa shape index (κ2) is 6.91. The molecule has 17 heavy (non-hydrogen) atoms. The maximum Gasteiger partial charge on any atom is 0.138 e. The molecular formula is C11H18ClN3OS. The van der Waals surface area contributed by atoms with Gasteiger partial charge in [-0.2, -0.15) is 0 Å². The van der Waals surface area contributed by atoms with Gasteiger partial charge < -0.3 is 5.32 Å². The lowest BCUT2D eigenvalue weighted by Crippen LogP contribution is -2.10. The average molecular weight is 276 g/mol. The van der Waals surface area contributed by atoms with E-state index in [9.17, 15) is 4.21 Å². The number of hydrogen-bond donors (Lipinski definition) is 1. The largest absolute Gasteiger partial charge is 0.370 e. The topological polar surface area (TPSA) is 54.9 Å². The number of aromatic nitrogens is 2. The van der Waals surface area contributed by atoms with Crippen LogP contribution in [-0.2, 0) is 10.8 Å². The lowest BCUT2D eigenvalue weighted by Gasteiger charge is -2.13. The predicted molar refractivity (Wildman–Crippen MR) is 73.2 cm³/mol. The normalized spacial score (nSPS) is 12.8. The molecule has 96 valence electrons.